The van der Waals surface area contributed by atoms with Crippen LogP contribution in [0.3, 0.4) is 0 Å². The number of hydrogen-bond donors (Lipinski definition) is 1. The average Bonchev–Trinajstić information content (AvgIpc) is 2.68. The number of hydrogen-bond acceptors (Lipinski definition) is 2. The Morgan fingerprint density at radius 2 is 2.06 bits per heavy atom. The molecule has 0 radical (unpaired) electrons. The van der Waals surface area contributed by atoms with Crippen molar-refractivity contribution in [3.63, 3.8) is 0 Å². The van der Waals surface area contributed by atoms with Gasteiger partial charge in [-0.1, -0.05) is 27.7 Å². The second kappa shape index (κ2) is 6.93. The quantitative estimate of drug-likeness (QED) is 0.720. The van der Waals surface area contributed by atoms with Crippen molar-refractivity contribution in [1.29, 1.82) is 0 Å². The molecule has 3 heteroatoms. The second-order valence-corrected chi connectivity index (χ2v) is 6.46. The highest BCUT2D eigenvalue weighted by atomic mass is 15.2. The molecule has 3 nitrogen and oxygen atoms in total. The zero-order valence-corrected chi connectivity index (χ0v) is 12.7. The summed E-state index contributed by atoms with van der Waals surface area (Å²) < 4.78 is 1.98. The molecule has 0 fully saturated rings. The van der Waals surface area contributed by atoms with Gasteiger partial charge in [-0.3, -0.25) is 4.68 Å². The smallest absolute Gasteiger partial charge is 0.0492 e. The maximum Gasteiger partial charge on any atom is 0.0492 e. The standard InChI is InChI=1S/C15H29N3/c1-13(2)12-16-11-9-15(3,4)8-6-14-7-10-17-18(14)5/h7,10,13,16H,6,8-9,11-12H2,1-5H3. The highest BCUT2D eigenvalue weighted by molar-refractivity contribution is 5.00. The molecule has 0 bridgehead atoms. The fourth-order valence-corrected chi connectivity index (χ4v) is 2.06. The van der Waals surface area contributed by atoms with Gasteiger partial charge >= 0.3 is 0 Å². The number of aromatic nitrogens is 2. The molecule has 0 amide bonds. The SMILES string of the molecule is CC(C)CNCCC(C)(C)CCc1ccnn1C. The lowest BCUT2D eigenvalue weighted by atomic mass is 9.84. The summed E-state index contributed by atoms with van der Waals surface area (Å²) in [6.07, 6.45) is 5.45. The van der Waals surface area contributed by atoms with Gasteiger partial charge in [0.05, 0.1) is 0 Å². The van der Waals surface area contributed by atoms with Crippen LogP contribution in [0.5, 0.6) is 0 Å². The number of rotatable bonds is 8. The van der Waals surface area contributed by atoms with Crippen molar-refractivity contribution in [3.8, 4) is 0 Å². The van der Waals surface area contributed by atoms with Crippen LogP contribution in [0.25, 0.3) is 0 Å². The van der Waals surface area contributed by atoms with E-state index in [0.717, 1.165) is 25.4 Å². The zero-order chi connectivity index (χ0) is 13.6. The summed E-state index contributed by atoms with van der Waals surface area (Å²) >= 11 is 0. The fourth-order valence-electron chi connectivity index (χ4n) is 2.06. The van der Waals surface area contributed by atoms with Crippen molar-refractivity contribution in [2.45, 2.75) is 47.0 Å². The van der Waals surface area contributed by atoms with Gasteiger partial charge in [-0.05, 0) is 49.8 Å². The van der Waals surface area contributed by atoms with Crippen LogP contribution < -0.4 is 5.32 Å². The Bertz CT molecular complexity index is 339. The van der Waals surface area contributed by atoms with Gasteiger partial charge in [-0.25, -0.2) is 0 Å². The van der Waals surface area contributed by atoms with Gasteiger partial charge in [-0.2, -0.15) is 5.10 Å². The van der Waals surface area contributed by atoms with E-state index in [9.17, 15) is 0 Å². The van der Waals surface area contributed by atoms with Crippen LogP contribution in [-0.2, 0) is 13.5 Å². The first-order chi connectivity index (χ1) is 8.41. The Kier molecular flexibility index (Phi) is 5.86. The lowest BCUT2D eigenvalue weighted by molar-refractivity contribution is 0.297. The lowest BCUT2D eigenvalue weighted by Gasteiger charge is -2.25. The first-order valence-electron chi connectivity index (χ1n) is 7.08. The van der Waals surface area contributed by atoms with E-state index in [1.165, 1.54) is 18.5 Å². The third kappa shape index (κ3) is 5.67. The summed E-state index contributed by atoms with van der Waals surface area (Å²) in [5.74, 6) is 0.738. The largest absolute Gasteiger partial charge is 0.316 e. The van der Waals surface area contributed by atoms with Crippen LogP contribution in [0.1, 0.15) is 46.2 Å². The van der Waals surface area contributed by atoms with Gasteiger partial charge in [0.1, 0.15) is 0 Å². The van der Waals surface area contributed by atoms with Crippen molar-refractivity contribution >= 4 is 0 Å². The summed E-state index contributed by atoms with van der Waals surface area (Å²) in [6.45, 7) is 11.5. The summed E-state index contributed by atoms with van der Waals surface area (Å²) in [4.78, 5) is 0. The van der Waals surface area contributed by atoms with Gasteiger partial charge in [-0.15, -0.1) is 0 Å². The molecule has 0 saturated carbocycles. The highest BCUT2D eigenvalue weighted by Crippen LogP contribution is 2.26. The molecule has 0 unspecified atom stereocenters. The van der Waals surface area contributed by atoms with Crippen LogP contribution in [-0.4, -0.2) is 22.9 Å². The molecular formula is C15H29N3. The van der Waals surface area contributed by atoms with Crippen molar-refractivity contribution in [1.82, 2.24) is 15.1 Å². The maximum absolute atomic E-state index is 4.22. The van der Waals surface area contributed by atoms with Gasteiger partial charge < -0.3 is 5.32 Å². The molecule has 0 saturated heterocycles. The van der Waals surface area contributed by atoms with Crippen LogP contribution in [0, 0.1) is 11.3 Å². The summed E-state index contributed by atoms with van der Waals surface area (Å²) in [5, 5.41) is 7.74. The van der Waals surface area contributed by atoms with E-state index in [1.54, 1.807) is 0 Å². The predicted molar refractivity (Wildman–Crippen MR) is 77.6 cm³/mol. The normalized spacial score (nSPS) is 12.3. The van der Waals surface area contributed by atoms with E-state index >= 15 is 0 Å². The van der Waals surface area contributed by atoms with Gasteiger partial charge in [0.25, 0.3) is 0 Å². The molecule has 1 aromatic rings. The molecule has 1 heterocycles. The minimum absolute atomic E-state index is 0.397. The third-order valence-corrected chi connectivity index (χ3v) is 3.51. The monoisotopic (exact) mass is 251 g/mol. The van der Waals surface area contributed by atoms with Crippen LogP contribution in [0.15, 0.2) is 12.3 Å². The highest BCUT2D eigenvalue weighted by Gasteiger charge is 2.17. The molecular weight excluding hydrogens is 222 g/mol. The molecule has 0 atom stereocenters. The Labute approximate surface area is 112 Å². The fraction of sp³-hybridized carbons (Fsp3) is 0.800. The van der Waals surface area contributed by atoms with Gasteiger partial charge in [0.2, 0.25) is 0 Å². The molecule has 1 aromatic heterocycles. The van der Waals surface area contributed by atoms with Crippen molar-refractivity contribution < 1.29 is 0 Å². The third-order valence-electron chi connectivity index (χ3n) is 3.51. The lowest BCUT2D eigenvalue weighted by Crippen LogP contribution is -2.26. The van der Waals surface area contributed by atoms with Crippen molar-refractivity contribution in [3.05, 3.63) is 18.0 Å². The molecule has 0 aliphatic carbocycles. The average molecular weight is 251 g/mol. The van der Waals surface area contributed by atoms with Gasteiger partial charge in [0, 0.05) is 18.9 Å². The number of aryl methyl sites for hydroxylation is 2. The zero-order valence-electron chi connectivity index (χ0n) is 12.7. The van der Waals surface area contributed by atoms with E-state index in [4.69, 9.17) is 0 Å². The molecule has 18 heavy (non-hydrogen) atoms. The molecule has 1 rings (SSSR count). The minimum Gasteiger partial charge on any atom is -0.316 e. The Morgan fingerprint density at radius 3 is 2.61 bits per heavy atom. The first-order valence-corrected chi connectivity index (χ1v) is 7.08. The van der Waals surface area contributed by atoms with E-state index in [0.29, 0.717) is 5.41 Å². The summed E-state index contributed by atoms with van der Waals surface area (Å²) in [7, 11) is 2.02. The van der Waals surface area contributed by atoms with E-state index < -0.39 is 0 Å². The Hall–Kier alpha value is -0.830. The van der Waals surface area contributed by atoms with Crippen molar-refractivity contribution in [2.24, 2.45) is 18.4 Å². The van der Waals surface area contributed by atoms with Gasteiger partial charge in [0.15, 0.2) is 0 Å². The second-order valence-electron chi connectivity index (χ2n) is 6.46. The molecule has 0 spiro atoms. The molecule has 0 aliphatic rings. The maximum atomic E-state index is 4.22. The number of nitrogens with one attached hydrogen (secondary N) is 1. The van der Waals surface area contributed by atoms with E-state index in [-0.39, 0.29) is 0 Å². The predicted octanol–water partition coefficient (Wildman–Crippen LogP) is 3.01. The summed E-state index contributed by atoms with van der Waals surface area (Å²) in [6, 6.07) is 2.12. The first kappa shape index (κ1) is 15.2. The molecule has 0 aliphatic heterocycles. The molecule has 104 valence electrons. The Balaban J connectivity index is 2.25. The van der Waals surface area contributed by atoms with Crippen LogP contribution in [0.4, 0.5) is 0 Å². The van der Waals surface area contributed by atoms with Crippen LogP contribution in [0.2, 0.25) is 0 Å². The van der Waals surface area contributed by atoms with Crippen LogP contribution >= 0.6 is 0 Å². The number of nitrogens with zero attached hydrogens (tertiary/aromatic N) is 2. The Morgan fingerprint density at radius 1 is 1.33 bits per heavy atom. The van der Waals surface area contributed by atoms with Crippen molar-refractivity contribution in [2.75, 3.05) is 13.1 Å². The molecule has 1 N–H and O–H groups in total. The topological polar surface area (TPSA) is 29.9 Å². The van der Waals surface area contributed by atoms with E-state index in [1.807, 2.05) is 17.9 Å². The molecule has 0 aromatic carbocycles. The summed E-state index contributed by atoms with van der Waals surface area (Å²) in [5.41, 5.74) is 1.73. The minimum atomic E-state index is 0.397. The van der Waals surface area contributed by atoms with E-state index in [2.05, 4.69) is 44.2 Å².